The second kappa shape index (κ2) is 6.34. The minimum Gasteiger partial charge on any atom is -0.508 e. The number of aliphatic hydroxyl groups excluding tert-OH is 4. The van der Waals surface area contributed by atoms with Crippen LogP contribution >= 0.6 is 0 Å². The van der Waals surface area contributed by atoms with Gasteiger partial charge >= 0.3 is 0 Å². The predicted molar refractivity (Wildman–Crippen MR) is 83.8 cm³/mol. The maximum Gasteiger partial charge on any atom is 0.229 e. The lowest BCUT2D eigenvalue weighted by molar-refractivity contribution is -0.277. The maximum absolute atomic E-state index is 10.1. The molecule has 3 rings (SSSR count). The minimum absolute atomic E-state index is 0.0342. The normalized spacial score (nSPS) is 35.0. The Bertz CT molecular complexity index is 642. The summed E-state index contributed by atoms with van der Waals surface area (Å²) in [5.41, 5.74) is 2.45. The van der Waals surface area contributed by atoms with Gasteiger partial charge in [0.1, 0.15) is 35.9 Å². The fourth-order valence-corrected chi connectivity index (χ4v) is 3.22. The lowest BCUT2D eigenvalue weighted by atomic mass is 9.73. The van der Waals surface area contributed by atoms with E-state index in [9.17, 15) is 25.5 Å². The summed E-state index contributed by atoms with van der Waals surface area (Å²) in [4.78, 5) is 0. The first-order chi connectivity index (χ1) is 11.3. The van der Waals surface area contributed by atoms with E-state index >= 15 is 0 Å². The number of benzene rings is 1. The summed E-state index contributed by atoms with van der Waals surface area (Å²) in [5.74, 6) is 0.613. The lowest BCUT2D eigenvalue weighted by Crippen LogP contribution is -2.60. The first-order valence-corrected chi connectivity index (χ1v) is 7.82. The molecule has 0 spiro atoms. The first kappa shape index (κ1) is 17.2. The van der Waals surface area contributed by atoms with Crippen LogP contribution in [0.3, 0.4) is 0 Å². The zero-order chi connectivity index (χ0) is 17.6. The number of hydrogen-bond donors (Lipinski definition) is 5. The Morgan fingerprint density at radius 2 is 1.96 bits per heavy atom. The van der Waals surface area contributed by atoms with Crippen molar-refractivity contribution in [3.8, 4) is 11.5 Å². The molecular weight excluding hydrogens is 316 g/mol. The minimum atomic E-state index is -1.50. The average Bonchev–Trinajstić information content (AvgIpc) is 2.50. The molecule has 0 bridgehead atoms. The van der Waals surface area contributed by atoms with Gasteiger partial charge in [0.05, 0.1) is 6.61 Å². The zero-order valence-electron chi connectivity index (χ0n) is 13.3. The van der Waals surface area contributed by atoms with Crippen molar-refractivity contribution in [2.24, 2.45) is 0 Å². The first-order valence-electron chi connectivity index (χ1n) is 7.82. The molecule has 1 aromatic rings. The molecule has 6 atom stereocenters. The molecule has 0 saturated carbocycles. The van der Waals surface area contributed by atoms with Gasteiger partial charge in [-0.15, -0.1) is 0 Å². The highest BCUT2D eigenvalue weighted by atomic mass is 16.7. The van der Waals surface area contributed by atoms with E-state index in [4.69, 9.17) is 9.47 Å². The van der Waals surface area contributed by atoms with Crippen molar-refractivity contribution >= 4 is 0 Å². The molecule has 1 aliphatic carbocycles. The highest BCUT2D eigenvalue weighted by Crippen LogP contribution is 2.49. The largest absolute Gasteiger partial charge is 0.508 e. The number of allylic oxidation sites excluding steroid dienone is 1. The van der Waals surface area contributed by atoms with Gasteiger partial charge in [-0.25, -0.2) is 0 Å². The summed E-state index contributed by atoms with van der Waals surface area (Å²) in [6, 6.07) is 3.05. The Hall–Kier alpha value is -1.64. The molecule has 1 aromatic carbocycles. The summed E-state index contributed by atoms with van der Waals surface area (Å²) >= 11 is 0. The SMILES string of the molecule is C=C(C)[C@@H]1Cc2c(O)ccc(O[C@@H]3O[C@H](CO)[C@@H](O)[C@H](O)[C@H]3O)c21. The standard InChI is InChI=1S/C17H22O7/c1-7(2)8-5-9-10(19)3-4-11(13(8)9)23-17-16(22)15(21)14(20)12(6-18)24-17/h3-4,8,12,14-22H,1,5-6H2,2H3/t8-,12+,14+,15-,16+,17+/m0/s1. The third kappa shape index (κ3) is 2.68. The van der Waals surface area contributed by atoms with Crippen molar-refractivity contribution in [3.05, 3.63) is 35.4 Å². The van der Waals surface area contributed by atoms with Gasteiger partial charge in [-0.05, 0) is 25.5 Å². The fourth-order valence-electron chi connectivity index (χ4n) is 3.22. The van der Waals surface area contributed by atoms with E-state index in [1.165, 1.54) is 6.07 Å². The summed E-state index contributed by atoms with van der Waals surface area (Å²) in [6.45, 7) is 5.30. The Labute approximate surface area is 139 Å². The third-order valence-corrected chi connectivity index (χ3v) is 4.74. The van der Waals surface area contributed by atoms with E-state index in [2.05, 4.69) is 6.58 Å². The summed E-state index contributed by atoms with van der Waals surface area (Å²) < 4.78 is 11.1. The molecule has 132 valence electrons. The van der Waals surface area contributed by atoms with Crippen LogP contribution in [0.25, 0.3) is 0 Å². The van der Waals surface area contributed by atoms with Crippen molar-refractivity contribution < 1.29 is 35.0 Å². The lowest BCUT2D eigenvalue weighted by Gasteiger charge is -2.41. The van der Waals surface area contributed by atoms with E-state index in [1.54, 1.807) is 6.07 Å². The predicted octanol–water partition coefficient (Wildman–Crippen LogP) is -0.213. The fraction of sp³-hybridized carbons (Fsp3) is 0.529. The van der Waals surface area contributed by atoms with Crippen molar-refractivity contribution in [1.82, 2.24) is 0 Å². The van der Waals surface area contributed by atoms with Crippen LogP contribution in [0.15, 0.2) is 24.3 Å². The van der Waals surface area contributed by atoms with Gasteiger partial charge in [0.15, 0.2) is 0 Å². The maximum atomic E-state index is 10.1. The molecule has 0 unspecified atom stereocenters. The smallest absolute Gasteiger partial charge is 0.229 e. The Morgan fingerprint density at radius 1 is 1.25 bits per heavy atom. The van der Waals surface area contributed by atoms with Crippen molar-refractivity contribution in [3.63, 3.8) is 0 Å². The molecule has 24 heavy (non-hydrogen) atoms. The third-order valence-electron chi connectivity index (χ3n) is 4.74. The van der Waals surface area contributed by atoms with Crippen LogP contribution in [0.2, 0.25) is 0 Å². The van der Waals surface area contributed by atoms with Gasteiger partial charge < -0.3 is 35.0 Å². The Morgan fingerprint density at radius 3 is 2.58 bits per heavy atom. The van der Waals surface area contributed by atoms with Crippen molar-refractivity contribution in [2.45, 2.75) is 50.0 Å². The number of aromatic hydroxyl groups is 1. The van der Waals surface area contributed by atoms with Crippen LogP contribution in [0.1, 0.15) is 24.0 Å². The van der Waals surface area contributed by atoms with Crippen LogP contribution < -0.4 is 4.74 Å². The van der Waals surface area contributed by atoms with Gasteiger partial charge in [-0.3, -0.25) is 0 Å². The highest BCUT2D eigenvalue weighted by Gasteiger charge is 2.45. The second-order valence-corrected chi connectivity index (χ2v) is 6.39. The quantitative estimate of drug-likeness (QED) is 0.482. The van der Waals surface area contributed by atoms with Crippen LogP contribution in [0.5, 0.6) is 11.5 Å². The molecule has 5 N–H and O–H groups in total. The van der Waals surface area contributed by atoms with Crippen LogP contribution in [0, 0.1) is 0 Å². The van der Waals surface area contributed by atoms with Gasteiger partial charge in [-0.2, -0.15) is 0 Å². The zero-order valence-corrected chi connectivity index (χ0v) is 13.3. The monoisotopic (exact) mass is 338 g/mol. The number of aliphatic hydroxyl groups is 4. The second-order valence-electron chi connectivity index (χ2n) is 6.39. The van der Waals surface area contributed by atoms with E-state index < -0.39 is 37.3 Å². The van der Waals surface area contributed by atoms with Crippen molar-refractivity contribution in [1.29, 1.82) is 0 Å². The molecule has 7 nitrogen and oxygen atoms in total. The number of rotatable bonds is 4. The van der Waals surface area contributed by atoms with Crippen LogP contribution in [0.4, 0.5) is 0 Å². The van der Waals surface area contributed by atoms with E-state index in [0.29, 0.717) is 12.2 Å². The number of phenolic OH excluding ortho intramolecular Hbond substituents is 1. The Balaban J connectivity index is 1.86. The summed E-state index contributed by atoms with van der Waals surface area (Å²) in [7, 11) is 0. The van der Waals surface area contributed by atoms with Crippen LogP contribution in [-0.2, 0) is 11.2 Å². The van der Waals surface area contributed by atoms with Gasteiger partial charge in [0.2, 0.25) is 6.29 Å². The molecule has 1 fully saturated rings. The van der Waals surface area contributed by atoms with Gasteiger partial charge in [-0.1, -0.05) is 12.2 Å². The molecule has 1 aliphatic heterocycles. The molecule has 1 heterocycles. The van der Waals surface area contributed by atoms with Gasteiger partial charge in [0.25, 0.3) is 0 Å². The molecule has 2 aliphatic rings. The number of fused-ring (bicyclic) bond motifs is 1. The molecule has 0 amide bonds. The number of hydrogen-bond acceptors (Lipinski definition) is 7. The Kier molecular flexibility index (Phi) is 4.54. The highest BCUT2D eigenvalue weighted by molar-refractivity contribution is 5.59. The molecular formula is C17H22O7. The average molecular weight is 338 g/mol. The molecule has 1 saturated heterocycles. The van der Waals surface area contributed by atoms with E-state index in [0.717, 1.165) is 16.7 Å². The number of ether oxygens (including phenoxy) is 2. The molecule has 0 aromatic heterocycles. The summed E-state index contributed by atoms with van der Waals surface area (Å²) in [6.07, 6.45) is -6.04. The summed E-state index contributed by atoms with van der Waals surface area (Å²) in [5, 5.41) is 48.9. The molecule has 0 radical (unpaired) electrons. The molecule has 7 heteroatoms. The van der Waals surface area contributed by atoms with Crippen molar-refractivity contribution in [2.75, 3.05) is 6.61 Å². The van der Waals surface area contributed by atoms with E-state index in [-0.39, 0.29) is 11.7 Å². The topological polar surface area (TPSA) is 120 Å². The van der Waals surface area contributed by atoms with Gasteiger partial charge in [0, 0.05) is 17.0 Å². The van der Waals surface area contributed by atoms with E-state index in [1.807, 2.05) is 6.92 Å². The number of phenols is 1. The van der Waals surface area contributed by atoms with Crippen LogP contribution in [-0.4, -0.2) is 62.8 Å².